The number of hydrogen-bond donors (Lipinski definition) is 1. The van der Waals surface area contributed by atoms with E-state index in [4.69, 9.17) is 0 Å². The van der Waals surface area contributed by atoms with E-state index in [-0.39, 0.29) is 6.10 Å². The zero-order valence-electron chi connectivity index (χ0n) is 8.35. The van der Waals surface area contributed by atoms with Crippen molar-refractivity contribution in [3.8, 4) is 0 Å². The van der Waals surface area contributed by atoms with Crippen molar-refractivity contribution in [2.75, 3.05) is 0 Å². The number of aliphatic hydroxyl groups is 1. The van der Waals surface area contributed by atoms with E-state index in [1.54, 1.807) is 18.0 Å². The van der Waals surface area contributed by atoms with Crippen LogP contribution in [0.4, 0.5) is 0 Å². The smallest absolute Gasteiger partial charge is 0.108 e. The molecule has 4 heteroatoms. The molecule has 0 spiro atoms. The number of aliphatic hydroxyl groups excluding tert-OH is 1. The lowest BCUT2D eigenvalue weighted by molar-refractivity contribution is 0.211. The van der Waals surface area contributed by atoms with Gasteiger partial charge in [0.15, 0.2) is 0 Å². The van der Waals surface area contributed by atoms with Gasteiger partial charge in [0, 0.05) is 7.05 Å². The van der Waals surface area contributed by atoms with Gasteiger partial charge in [0.2, 0.25) is 0 Å². The monoisotopic (exact) mass is 193 g/mol. The summed E-state index contributed by atoms with van der Waals surface area (Å²) in [6, 6.07) is 0. The number of aryl methyl sites for hydroxylation is 1. The third-order valence-electron chi connectivity index (χ3n) is 2.52. The summed E-state index contributed by atoms with van der Waals surface area (Å²) in [6.07, 6.45) is 7.43. The zero-order chi connectivity index (χ0) is 9.97. The summed E-state index contributed by atoms with van der Waals surface area (Å²) in [7, 11) is 1.80. The Bertz CT molecular complexity index is 343. The Morgan fingerprint density at radius 3 is 3.07 bits per heavy atom. The molecule has 1 N–H and O–H groups in total. The largest absolute Gasteiger partial charge is 0.389 e. The van der Waals surface area contributed by atoms with Gasteiger partial charge in [-0.1, -0.05) is 12.5 Å². The van der Waals surface area contributed by atoms with Crippen molar-refractivity contribution in [2.24, 2.45) is 7.05 Å². The van der Waals surface area contributed by atoms with Crippen LogP contribution in [-0.2, 0) is 7.05 Å². The van der Waals surface area contributed by atoms with Gasteiger partial charge < -0.3 is 5.11 Å². The molecule has 1 atom stereocenters. The van der Waals surface area contributed by atoms with Gasteiger partial charge in [-0.2, -0.15) is 15.0 Å². The average molecular weight is 193 g/mol. The molecule has 0 amide bonds. The first-order valence-corrected chi connectivity index (χ1v) is 5.01. The molecule has 0 aliphatic heterocycles. The van der Waals surface area contributed by atoms with Crippen molar-refractivity contribution in [1.82, 2.24) is 15.0 Å². The van der Waals surface area contributed by atoms with E-state index < -0.39 is 0 Å². The maximum atomic E-state index is 9.60. The third-order valence-corrected chi connectivity index (χ3v) is 2.52. The van der Waals surface area contributed by atoms with E-state index in [0.717, 1.165) is 37.0 Å². The Kier molecular flexibility index (Phi) is 2.63. The molecular weight excluding hydrogens is 178 g/mol. The van der Waals surface area contributed by atoms with E-state index in [0.29, 0.717) is 0 Å². The Hall–Kier alpha value is -1.16. The van der Waals surface area contributed by atoms with Crippen LogP contribution >= 0.6 is 0 Å². The molecule has 0 radical (unpaired) electrons. The van der Waals surface area contributed by atoms with Crippen LogP contribution in [0.1, 0.15) is 31.4 Å². The number of aromatic nitrogens is 3. The second kappa shape index (κ2) is 3.92. The molecule has 1 aliphatic carbocycles. The number of allylic oxidation sites excluding steroid dienone is 1. The summed E-state index contributed by atoms with van der Waals surface area (Å²) in [5.74, 6) is 0. The highest BCUT2D eigenvalue weighted by molar-refractivity contribution is 5.62. The first-order valence-electron chi connectivity index (χ1n) is 5.01. The van der Waals surface area contributed by atoms with Crippen molar-refractivity contribution < 1.29 is 5.11 Å². The van der Waals surface area contributed by atoms with Crippen LogP contribution in [0.2, 0.25) is 0 Å². The average Bonchev–Trinajstić information content (AvgIpc) is 2.45. The Balaban J connectivity index is 2.23. The summed E-state index contributed by atoms with van der Waals surface area (Å²) in [6.45, 7) is 0. The summed E-state index contributed by atoms with van der Waals surface area (Å²) < 4.78 is 0. The molecule has 0 saturated carbocycles. The second-order valence-corrected chi connectivity index (χ2v) is 3.72. The normalized spacial score (nSPS) is 23.0. The van der Waals surface area contributed by atoms with Crippen molar-refractivity contribution in [2.45, 2.75) is 31.8 Å². The first-order chi connectivity index (χ1) is 6.75. The molecule has 1 aromatic heterocycles. The first kappa shape index (κ1) is 9.40. The lowest BCUT2D eigenvalue weighted by Crippen LogP contribution is -2.00. The van der Waals surface area contributed by atoms with Crippen molar-refractivity contribution in [1.29, 1.82) is 0 Å². The summed E-state index contributed by atoms with van der Waals surface area (Å²) in [5, 5.41) is 17.9. The van der Waals surface area contributed by atoms with Crippen LogP contribution in [-0.4, -0.2) is 26.2 Å². The molecule has 1 aromatic rings. The van der Waals surface area contributed by atoms with Crippen LogP contribution in [0.5, 0.6) is 0 Å². The van der Waals surface area contributed by atoms with E-state index in [9.17, 15) is 5.11 Å². The molecule has 2 rings (SSSR count). The van der Waals surface area contributed by atoms with E-state index in [1.165, 1.54) is 0 Å². The predicted octanol–water partition coefficient (Wildman–Crippen LogP) is 1.13. The van der Waals surface area contributed by atoms with Gasteiger partial charge >= 0.3 is 0 Å². The maximum absolute atomic E-state index is 9.60. The van der Waals surface area contributed by atoms with Crippen LogP contribution in [0.25, 0.3) is 5.57 Å². The fourth-order valence-electron chi connectivity index (χ4n) is 1.77. The summed E-state index contributed by atoms with van der Waals surface area (Å²) >= 11 is 0. The fraction of sp³-hybridized carbons (Fsp3) is 0.600. The molecule has 1 unspecified atom stereocenters. The van der Waals surface area contributed by atoms with Gasteiger partial charge in [0.05, 0.1) is 12.3 Å². The third kappa shape index (κ3) is 2.01. The highest BCUT2D eigenvalue weighted by Gasteiger charge is 2.12. The van der Waals surface area contributed by atoms with Gasteiger partial charge in [-0.05, 0) is 24.8 Å². The van der Waals surface area contributed by atoms with Crippen LogP contribution in [0.3, 0.4) is 0 Å². The molecule has 0 aromatic carbocycles. The quantitative estimate of drug-likeness (QED) is 0.727. The number of nitrogens with zero attached hydrogens (tertiary/aromatic N) is 3. The molecule has 0 saturated heterocycles. The van der Waals surface area contributed by atoms with E-state index in [2.05, 4.69) is 10.2 Å². The SMILES string of the molecule is Cn1ncc(C2=CC(O)CCCC2)n1. The minimum Gasteiger partial charge on any atom is -0.389 e. The Labute approximate surface area is 83.2 Å². The van der Waals surface area contributed by atoms with Gasteiger partial charge in [-0.25, -0.2) is 0 Å². The highest BCUT2D eigenvalue weighted by Crippen LogP contribution is 2.24. The van der Waals surface area contributed by atoms with Gasteiger partial charge in [0.25, 0.3) is 0 Å². The van der Waals surface area contributed by atoms with Crippen molar-refractivity contribution in [3.05, 3.63) is 18.0 Å². The lowest BCUT2D eigenvalue weighted by atomic mass is 10.1. The number of rotatable bonds is 1. The number of hydrogen-bond acceptors (Lipinski definition) is 3. The van der Waals surface area contributed by atoms with Gasteiger partial charge in [-0.15, -0.1) is 0 Å². The molecule has 1 aliphatic rings. The van der Waals surface area contributed by atoms with Crippen molar-refractivity contribution >= 4 is 5.57 Å². The van der Waals surface area contributed by atoms with Crippen molar-refractivity contribution in [3.63, 3.8) is 0 Å². The highest BCUT2D eigenvalue weighted by atomic mass is 16.3. The molecule has 0 fully saturated rings. The standard InChI is InChI=1S/C10H15N3O/c1-13-11-7-10(12-13)8-4-2-3-5-9(14)6-8/h6-7,9,14H,2-5H2,1H3. The topological polar surface area (TPSA) is 50.9 Å². The minimum atomic E-state index is -0.311. The Morgan fingerprint density at radius 2 is 2.36 bits per heavy atom. The van der Waals surface area contributed by atoms with Gasteiger partial charge in [0.1, 0.15) is 5.69 Å². The summed E-state index contributed by atoms with van der Waals surface area (Å²) in [4.78, 5) is 1.55. The molecule has 76 valence electrons. The molecule has 1 heterocycles. The molecule has 0 bridgehead atoms. The van der Waals surface area contributed by atoms with Gasteiger partial charge in [-0.3, -0.25) is 0 Å². The van der Waals surface area contributed by atoms with E-state index in [1.807, 2.05) is 6.08 Å². The maximum Gasteiger partial charge on any atom is 0.108 e. The minimum absolute atomic E-state index is 0.311. The molecule has 14 heavy (non-hydrogen) atoms. The lowest BCUT2D eigenvalue weighted by Gasteiger charge is -2.01. The van der Waals surface area contributed by atoms with E-state index >= 15 is 0 Å². The molecular formula is C10H15N3O. The van der Waals surface area contributed by atoms with Crippen LogP contribution in [0.15, 0.2) is 12.3 Å². The van der Waals surface area contributed by atoms with Crippen LogP contribution in [0, 0.1) is 0 Å². The Morgan fingerprint density at radius 1 is 1.50 bits per heavy atom. The summed E-state index contributed by atoms with van der Waals surface area (Å²) in [5.41, 5.74) is 2.02. The predicted molar refractivity (Wildman–Crippen MR) is 53.5 cm³/mol. The second-order valence-electron chi connectivity index (χ2n) is 3.72. The van der Waals surface area contributed by atoms with Crippen LogP contribution < -0.4 is 0 Å². The molecule has 4 nitrogen and oxygen atoms in total. The zero-order valence-corrected chi connectivity index (χ0v) is 8.35. The fourth-order valence-corrected chi connectivity index (χ4v) is 1.77.